The molecule has 1 aromatic carbocycles. The fourth-order valence-electron chi connectivity index (χ4n) is 2.07. The molecule has 0 aliphatic carbocycles. The Hall–Kier alpha value is -2.60. The van der Waals surface area contributed by atoms with Gasteiger partial charge in [-0.15, -0.1) is 0 Å². The minimum absolute atomic E-state index is 0.0492. The number of hydrogen-bond acceptors (Lipinski definition) is 8. The summed E-state index contributed by atoms with van der Waals surface area (Å²) in [5, 5.41) is 10.9. The molecule has 0 fully saturated rings. The summed E-state index contributed by atoms with van der Waals surface area (Å²) >= 11 is 0. The van der Waals surface area contributed by atoms with Crippen LogP contribution in [0.3, 0.4) is 0 Å². The lowest BCUT2D eigenvalue weighted by atomic mass is 10.1. The van der Waals surface area contributed by atoms with E-state index in [2.05, 4.69) is 9.84 Å². The number of phosphoric acid groups is 1. The van der Waals surface area contributed by atoms with Gasteiger partial charge in [0.2, 0.25) is 0 Å². The van der Waals surface area contributed by atoms with E-state index in [4.69, 9.17) is 19.3 Å². The number of rotatable bonds is 9. The molecule has 11 heteroatoms. The van der Waals surface area contributed by atoms with Crippen LogP contribution < -0.4 is 9.84 Å². The maximum absolute atomic E-state index is 12.0. The Morgan fingerprint density at radius 1 is 1.28 bits per heavy atom. The number of alkyl carbamates (subject to hydrolysis) is 1. The van der Waals surface area contributed by atoms with Crippen molar-refractivity contribution in [2.45, 2.75) is 45.3 Å². The normalized spacial score (nSPS) is 14.1. The summed E-state index contributed by atoms with van der Waals surface area (Å²) in [5.74, 6) is -0.590. The second-order valence-electron chi connectivity index (χ2n) is 6.87. The van der Waals surface area contributed by atoms with Crippen molar-refractivity contribution in [1.29, 1.82) is 5.26 Å². The third-order valence-electron chi connectivity index (χ3n) is 3.23. The molecule has 0 aliphatic rings. The number of nitrogens with one attached hydrogen (secondary N) is 1. The van der Waals surface area contributed by atoms with Crippen molar-refractivity contribution in [3.8, 4) is 11.8 Å². The van der Waals surface area contributed by atoms with Gasteiger partial charge in [0.05, 0.1) is 26.2 Å². The first-order valence-electron chi connectivity index (χ1n) is 8.66. The highest BCUT2D eigenvalue weighted by atomic mass is 31.2. The number of amides is 1. The molecule has 2 atom stereocenters. The number of methoxy groups -OCH3 is 1. The van der Waals surface area contributed by atoms with Gasteiger partial charge in [0, 0.05) is 6.42 Å². The molecule has 2 N–H and O–H groups in total. The molecule has 0 saturated carbocycles. The SMILES string of the molecule is COC(=O)C(Cc1ccc(OP(=O)(O)OCCC#N)cc1)NC(=O)OC(C)(C)C. The largest absolute Gasteiger partial charge is 0.527 e. The predicted molar refractivity (Wildman–Crippen MR) is 102 cm³/mol. The second kappa shape index (κ2) is 10.8. The topological polar surface area (TPSA) is 144 Å². The van der Waals surface area contributed by atoms with Crippen LogP contribution in [0, 0.1) is 11.3 Å². The molecular weight excluding hydrogens is 403 g/mol. The van der Waals surface area contributed by atoms with Crippen LogP contribution in [0.2, 0.25) is 0 Å². The lowest BCUT2D eigenvalue weighted by Crippen LogP contribution is -2.45. The molecular formula is C18H25N2O8P. The minimum atomic E-state index is -4.35. The number of ether oxygens (including phenoxy) is 2. The zero-order valence-corrected chi connectivity index (χ0v) is 17.6. The Labute approximate surface area is 169 Å². The van der Waals surface area contributed by atoms with E-state index in [1.54, 1.807) is 39.0 Å². The second-order valence-corrected chi connectivity index (χ2v) is 8.25. The number of carbonyl (C=O) groups is 2. The number of benzene rings is 1. The van der Waals surface area contributed by atoms with E-state index in [-0.39, 0.29) is 25.2 Å². The number of esters is 1. The van der Waals surface area contributed by atoms with Crippen molar-refractivity contribution in [2.75, 3.05) is 13.7 Å². The van der Waals surface area contributed by atoms with Gasteiger partial charge in [-0.2, -0.15) is 5.26 Å². The van der Waals surface area contributed by atoms with Crippen LogP contribution in [0.5, 0.6) is 5.75 Å². The monoisotopic (exact) mass is 428 g/mol. The number of nitrogens with zero attached hydrogens (tertiary/aromatic N) is 1. The lowest BCUT2D eigenvalue weighted by molar-refractivity contribution is -0.143. The van der Waals surface area contributed by atoms with Gasteiger partial charge in [-0.05, 0) is 38.5 Å². The van der Waals surface area contributed by atoms with E-state index in [0.29, 0.717) is 5.56 Å². The Bertz CT molecular complexity index is 783. The molecule has 1 rings (SSSR count). The molecule has 160 valence electrons. The first kappa shape index (κ1) is 24.4. The van der Waals surface area contributed by atoms with Gasteiger partial charge >= 0.3 is 19.9 Å². The van der Waals surface area contributed by atoms with Gasteiger partial charge < -0.3 is 19.3 Å². The van der Waals surface area contributed by atoms with Crippen molar-refractivity contribution in [2.24, 2.45) is 0 Å². The summed E-state index contributed by atoms with van der Waals surface area (Å²) in [4.78, 5) is 33.5. The molecule has 0 aromatic heterocycles. The first-order valence-corrected chi connectivity index (χ1v) is 10.2. The molecule has 0 bridgehead atoms. The summed E-state index contributed by atoms with van der Waals surface area (Å²) in [7, 11) is -3.14. The Morgan fingerprint density at radius 3 is 2.41 bits per heavy atom. The van der Waals surface area contributed by atoms with E-state index in [0.717, 1.165) is 0 Å². The van der Waals surface area contributed by atoms with E-state index in [1.807, 2.05) is 0 Å². The molecule has 10 nitrogen and oxygen atoms in total. The molecule has 0 saturated heterocycles. The van der Waals surface area contributed by atoms with Crippen LogP contribution in [-0.2, 0) is 29.8 Å². The molecule has 1 amide bonds. The number of carbonyl (C=O) groups excluding carboxylic acids is 2. The number of phosphoric ester groups is 1. The summed E-state index contributed by atoms with van der Waals surface area (Å²) in [6.07, 6.45) is -0.711. The number of hydrogen-bond donors (Lipinski definition) is 2. The highest BCUT2D eigenvalue weighted by Gasteiger charge is 2.26. The molecule has 2 unspecified atom stereocenters. The van der Waals surface area contributed by atoms with Crippen LogP contribution in [0.25, 0.3) is 0 Å². The minimum Gasteiger partial charge on any atom is -0.467 e. The lowest BCUT2D eigenvalue weighted by Gasteiger charge is -2.22. The molecule has 0 radical (unpaired) electrons. The van der Waals surface area contributed by atoms with E-state index >= 15 is 0 Å². The maximum atomic E-state index is 12.0. The van der Waals surface area contributed by atoms with Crippen molar-refractivity contribution in [3.05, 3.63) is 29.8 Å². The van der Waals surface area contributed by atoms with E-state index < -0.39 is 31.5 Å². The quantitative estimate of drug-likeness (QED) is 0.344. The van der Waals surface area contributed by atoms with Crippen molar-refractivity contribution in [3.63, 3.8) is 0 Å². The van der Waals surface area contributed by atoms with Gasteiger partial charge in [0.1, 0.15) is 17.4 Å². The van der Waals surface area contributed by atoms with Crippen LogP contribution in [-0.4, -0.2) is 42.3 Å². The van der Waals surface area contributed by atoms with Crippen LogP contribution in [0.15, 0.2) is 24.3 Å². The van der Waals surface area contributed by atoms with Crippen LogP contribution >= 0.6 is 7.82 Å². The fraction of sp³-hybridized carbons (Fsp3) is 0.500. The first-order chi connectivity index (χ1) is 13.5. The zero-order valence-electron chi connectivity index (χ0n) is 16.7. The van der Waals surface area contributed by atoms with Gasteiger partial charge in [0.25, 0.3) is 0 Å². The highest BCUT2D eigenvalue weighted by molar-refractivity contribution is 7.47. The maximum Gasteiger partial charge on any atom is 0.527 e. The third-order valence-corrected chi connectivity index (χ3v) is 4.18. The van der Waals surface area contributed by atoms with E-state index in [1.165, 1.54) is 19.2 Å². The molecule has 0 aliphatic heterocycles. The van der Waals surface area contributed by atoms with E-state index in [9.17, 15) is 19.0 Å². The average molecular weight is 428 g/mol. The predicted octanol–water partition coefficient (Wildman–Crippen LogP) is 2.70. The summed E-state index contributed by atoms with van der Waals surface area (Å²) < 4.78 is 31.2. The Kier molecular flexibility index (Phi) is 9.11. The standard InChI is InChI=1S/C18H25N2O8P/c1-18(2,3)27-17(22)20-15(16(21)25-4)12-13-6-8-14(9-7-13)28-29(23,24)26-11-5-10-19/h6-9,15H,5,11-12H2,1-4H3,(H,20,22)(H,23,24). The van der Waals surface area contributed by atoms with Gasteiger partial charge in [-0.3, -0.25) is 9.42 Å². The van der Waals surface area contributed by atoms with Gasteiger partial charge in [0.15, 0.2) is 0 Å². The fourth-order valence-corrected chi connectivity index (χ4v) is 2.84. The molecule has 1 aromatic rings. The Morgan fingerprint density at radius 2 is 1.90 bits per heavy atom. The Balaban J connectivity index is 2.76. The smallest absolute Gasteiger partial charge is 0.467 e. The van der Waals surface area contributed by atoms with Crippen LogP contribution in [0.1, 0.15) is 32.8 Å². The molecule has 0 spiro atoms. The van der Waals surface area contributed by atoms with Crippen molar-refractivity contribution < 1.29 is 37.6 Å². The molecule has 29 heavy (non-hydrogen) atoms. The van der Waals surface area contributed by atoms with Crippen LogP contribution in [0.4, 0.5) is 4.79 Å². The average Bonchev–Trinajstić information content (AvgIpc) is 2.60. The zero-order chi connectivity index (χ0) is 22.1. The summed E-state index contributed by atoms with van der Waals surface area (Å²) in [6, 6.07) is 6.72. The summed E-state index contributed by atoms with van der Waals surface area (Å²) in [5.41, 5.74) is -0.0981. The third kappa shape index (κ3) is 9.94. The van der Waals surface area contributed by atoms with Gasteiger partial charge in [-0.25, -0.2) is 14.2 Å². The summed E-state index contributed by atoms with van der Waals surface area (Å²) in [6.45, 7) is 4.85. The number of nitriles is 1. The van der Waals surface area contributed by atoms with Gasteiger partial charge in [-0.1, -0.05) is 12.1 Å². The molecule has 0 heterocycles. The van der Waals surface area contributed by atoms with Crippen molar-refractivity contribution >= 4 is 19.9 Å². The van der Waals surface area contributed by atoms with Crippen molar-refractivity contribution in [1.82, 2.24) is 5.32 Å². The highest BCUT2D eigenvalue weighted by Crippen LogP contribution is 2.43.